The molecule has 0 heterocycles. The first-order valence-electron chi connectivity index (χ1n) is 4.25. The summed E-state index contributed by atoms with van der Waals surface area (Å²) in [5, 5.41) is 16.9. The Labute approximate surface area is 77.3 Å². The molecular weight excluding hydrogens is 176 g/mol. The predicted molar refractivity (Wildman–Crippen MR) is 45.6 cm³/mol. The zero-order valence-electron chi connectivity index (χ0n) is 7.73. The molecule has 0 aliphatic heterocycles. The van der Waals surface area contributed by atoms with Crippen LogP contribution in [-0.2, 0) is 14.3 Å². The van der Waals surface area contributed by atoms with E-state index in [9.17, 15) is 4.79 Å². The standard InChI is InChI=1S/C8H16O5/c1-2-7(8(10)11)13-6-5-12-4-3-9/h7,9H,2-6H2,1H3,(H,10,11). The Hall–Kier alpha value is -0.650. The third-order valence-corrected chi connectivity index (χ3v) is 1.43. The Morgan fingerprint density at radius 3 is 2.54 bits per heavy atom. The number of ether oxygens (including phenoxy) is 2. The van der Waals surface area contributed by atoms with E-state index in [0.717, 1.165) is 0 Å². The molecule has 0 saturated heterocycles. The van der Waals surface area contributed by atoms with Gasteiger partial charge in [-0.25, -0.2) is 4.79 Å². The minimum atomic E-state index is -0.954. The lowest BCUT2D eigenvalue weighted by Crippen LogP contribution is -2.24. The molecule has 0 aromatic rings. The van der Waals surface area contributed by atoms with Gasteiger partial charge in [-0.1, -0.05) is 6.92 Å². The highest BCUT2D eigenvalue weighted by molar-refractivity contribution is 5.72. The molecule has 0 aliphatic rings. The number of aliphatic hydroxyl groups is 1. The quantitative estimate of drug-likeness (QED) is 0.524. The first-order valence-corrected chi connectivity index (χ1v) is 4.25. The number of aliphatic hydroxyl groups excluding tert-OH is 1. The molecule has 1 atom stereocenters. The zero-order valence-corrected chi connectivity index (χ0v) is 7.73. The maximum Gasteiger partial charge on any atom is 0.332 e. The molecule has 0 bridgehead atoms. The van der Waals surface area contributed by atoms with E-state index in [-0.39, 0.29) is 19.8 Å². The summed E-state index contributed by atoms with van der Waals surface area (Å²) in [6.07, 6.45) is -0.312. The van der Waals surface area contributed by atoms with E-state index in [1.165, 1.54) is 0 Å². The van der Waals surface area contributed by atoms with Crippen molar-refractivity contribution in [1.29, 1.82) is 0 Å². The van der Waals surface area contributed by atoms with Crippen molar-refractivity contribution in [2.45, 2.75) is 19.4 Å². The number of hydrogen-bond donors (Lipinski definition) is 2. The summed E-state index contributed by atoms with van der Waals surface area (Å²) >= 11 is 0. The number of aliphatic carboxylic acids is 1. The van der Waals surface area contributed by atoms with Crippen molar-refractivity contribution in [3.05, 3.63) is 0 Å². The first kappa shape index (κ1) is 12.3. The van der Waals surface area contributed by atoms with Gasteiger partial charge in [-0.2, -0.15) is 0 Å². The van der Waals surface area contributed by atoms with Crippen molar-refractivity contribution < 1.29 is 24.5 Å². The summed E-state index contributed by atoms with van der Waals surface area (Å²) in [4.78, 5) is 10.4. The van der Waals surface area contributed by atoms with Crippen molar-refractivity contribution >= 4 is 5.97 Å². The van der Waals surface area contributed by atoms with Gasteiger partial charge in [0.2, 0.25) is 0 Å². The van der Waals surface area contributed by atoms with Crippen LogP contribution >= 0.6 is 0 Å². The molecule has 2 N–H and O–H groups in total. The van der Waals surface area contributed by atoms with E-state index in [4.69, 9.17) is 19.7 Å². The van der Waals surface area contributed by atoms with Gasteiger partial charge in [0.1, 0.15) is 0 Å². The van der Waals surface area contributed by atoms with E-state index in [1.807, 2.05) is 0 Å². The van der Waals surface area contributed by atoms with Gasteiger partial charge >= 0.3 is 5.97 Å². The summed E-state index contributed by atoms with van der Waals surface area (Å²) < 4.78 is 9.88. The van der Waals surface area contributed by atoms with Gasteiger partial charge in [0.15, 0.2) is 6.10 Å². The second-order valence-electron chi connectivity index (χ2n) is 2.44. The maximum atomic E-state index is 10.4. The third-order valence-electron chi connectivity index (χ3n) is 1.43. The minimum absolute atomic E-state index is 0.0316. The molecule has 0 fully saturated rings. The van der Waals surface area contributed by atoms with Crippen LogP contribution in [0.15, 0.2) is 0 Å². The van der Waals surface area contributed by atoms with E-state index in [1.54, 1.807) is 6.92 Å². The average molecular weight is 192 g/mol. The topological polar surface area (TPSA) is 76.0 Å². The van der Waals surface area contributed by atoms with Gasteiger partial charge in [-0.05, 0) is 6.42 Å². The molecule has 0 aromatic heterocycles. The zero-order chi connectivity index (χ0) is 10.1. The highest BCUT2D eigenvalue weighted by Crippen LogP contribution is 1.97. The van der Waals surface area contributed by atoms with Crippen LogP contribution in [0.25, 0.3) is 0 Å². The predicted octanol–water partition coefficient (Wildman–Crippen LogP) is -0.125. The molecule has 0 aromatic carbocycles. The third kappa shape index (κ3) is 6.51. The van der Waals surface area contributed by atoms with E-state index < -0.39 is 12.1 Å². The fourth-order valence-electron chi connectivity index (χ4n) is 0.780. The largest absolute Gasteiger partial charge is 0.479 e. The molecule has 78 valence electrons. The Bertz CT molecular complexity index is 136. The lowest BCUT2D eigenvalue weighted by atomic mass is 10.3. The van der Waals surface area contributed by atoms with Gasteiger partial charge in [-0.15, -0.1) is 0 Å². The average Bonchev–Trinajstić information content (AvgIpc) is 2.10. The Morgan fingerprint density at radius 1 is 1.38 bits per heavy atom. The number of carboxylic acid groups (broad SMARTS) is 1. The normalized spacial score (nSPS) is 12.8. The summed E-state index contributed by atoms with van der Waals surface area (Å²) in [6, 6.07) is 0. The molecular formula is C8H16O5. The van der Waals surface area contributed by atoms with Crippen molar-refractivity contribution in [1.82, 2.24) is 0 Å². The van der Waals surface area contributed by atoms with Crippen LogP contribution in [0.5, 0.6) is 0 Å². The van der Waals surface area contributed by atoms with Crippen molar-refractivity contribution in [3.63, 3.8) is 0 Å². The van der Waals surface area contributed by atoms with Crippen LogP contribution < -0.4 is 0 Å². The second kappa shape index (κ2) is 7.97. The number of rotatable bonds is 8. The Balaban J connectivity index is 3.33. The van der Waals surface area contributed by atoms with Gasteiger partial charge in [0, 0.05) is 0 Å². The molecule has 0 aliphatic carbocycles. The number of carboxylic acids is 1. The lowest BCUT2D eigenvalue weighted by Gasteiger charge is -2.10. The molecule has 0 saturated carbocycles. The molecule has 0 spiro atoms. The molecule has 5 heteroatoms. The summed E-state index contributed by atoms with van der Waals surface area (Å²) in [5.41, 5.74) is 0. The summed E-state index contributed by atoms with van der Waals surface area (Å²) in [6.45, 7) is 2.52. The van der Waals surface area contributed by atoms with Crippen LogP contribution in [0.1, 0.15) is 13.3 Å². The second-order valence-corrected chi connectivity index (χ2v) is 2.44. The van der Waals surface area contributed by atoms with Crippen LogP contribution in [0, 0.1) is 0 Å². The van der Waals surface area contributed by atoms with Gasteiger partial charge < -0.3 is 19.7 Å². The minimum Gasteiger partial charge on any atom is -0.479 e. The molecule has 0 amide bonds. The van der Waals surface area contributed by atoms with E-state index >= 15 is 0 Å². The smallest absolute Gasteiger partial charge is 0.332 e. The monoisotopic (exact) mass is 192 g/mol. The fraction of sp³-hybridized carbons (Fsp3) is 0.875. The molecule has 1 unspecified atom stereocenters. The number of hydrogen-bond acceptors (Lipinski definition) is 4. The van der Waals surface area contributed by atoms with Gasteiger partial charge in [0.05, 0.1) is 26.4 Å². The Kier molecular flexibility index (Phi) is 7.57. The van der Waals surface area contributed by atoms with Gasteiger partial charge in [-0.3, -0.25) is 0 Å². The summed E-state index contributed by atoms with van der Waals surface area (Å²) in [7, 11) is 0. The highest BCUT2D eigenvalue weighted by Gasteiger charge is 2.14. The van der Waals surface area contributed by atoms with Crippen LogP contribution in [0.2, 0.25) is 0 Å². The highest BCUT2D eigenvalue weighted by atomic mass is 16.5. The Morgan fingerprint density at radius 2 is 2.08 bits per heavy atom. The van der Waals surface area contributed by atoms with E-state index in [0.29, 0.717) is 13.0 Å². The van der Waals surface area contributed by atoms with Crippen LogP contribution in [0.3, 0.4) is 0 Å². The van der Waals surface area contributed by atoms with Crippen LogP contribution in [0.4, 0.5) is 0 Å². The number of carbonyl (C=O) groups is 1. The van der Waals surface area contributed by atoms with Crippen molar-refractivity contribution in [3.8, 4) is 0 Å². The first-order chi connectivity index (χ1) is 6.22. The molecule has 0 radical (unpaired) electrons. The fourth-order valence-corrected chi connectivity index (χ4v) is 0.780. The maximum absolute atomic E-state index is 10.4. The SMILES string of the molecule is CCC(OCCOCCO)C(=O)O. The van der Waals surface area contributed by atoms with Crippen molar-refractivity contribution in [2.75, 3.05) is 26.4 Å². The van der Waals surface area contributed by atoms with Gasteiger partial charge in [0.25, 0.3) is 0 Å². The molecule has 13 heavy (non-hydrogen) atoms. The molecule has 5 nitrogen and oxygen atoms in total. The van der Waals surface area contributed by atoms with Crippen LogP contribution in [-0.4, -0.2) is 48.7 Å². The van der Waals surface area contributed by atoms with Crippen molar-refractivity contribution in [2.24, 2.45) is 0 Å². The van der Waals surface area contributed by atoms with E-state index in [2.05, 4.69) is 0 Å². The molecule has 0 rings (SSSR count). The lowest BCUT2D eigenvalue weighted by molar-refractivity contribution is -0.151. The summed E-state index contributed by atoms with van der Waals surface area (Å²) in [5.74, 6) is -0.954.